The van der Waals surface area contributed by atoms with Crippen LogP contribution in [0.25, 0.3) is 22.2 Å². The molecule has 1 heterocycles. The van der Waals surface area contributed by atoms with Gasteiger partial charge in [0.25, 0.3) is 6.01 Å². The van der Waals surface area contributed by atoms with Gasteiger partial charge in [0.2, 0.25) is 0 Å². The number of fused-ring (bicyclic) bond motifs is 1. The first-order valence-corrected chi connectivity index (χ1v) is 15.0. The Labute approximate surface area is 243 Å². The van der Waals surface area contributed by atoms with Gasteiger partial charge < -0.3 is 20.2 Å². The predicted octanol–water partition coefficient (Wildman–Crippen LogP) is 8.34. The van der Waals surface area contributed by atoms with Crippen LogP contribution in [-0.4, -0.2) is 34.6 Å². The monoisotopic (exact) mass is 558 g/mol. The summed E-state index contributed by atoms with van der Waals surface area (Å²) in [6.07, 6.45) is 6.57. The van der Waals surface area contributed by atoms with E-state index < -0.39 is 0 Å². The third-order valence-electron chi connectivity index (χ3n) is 8.60. The Morgan fingerprint density at radius 2 is 1.93 bits per heavy atom. The number of benzene rings is 3. The molecule has 1 aromatic heterocycles. The summed E-state index contributed by atoms with van der Waals surface area (Å²) in [4.78, 5) is 7.34. The summed E-state index contributed by atoms with van der Waals surface area (Å²) in [6, 6.07) is 17.6. The molecule has 0 amide bonds. The lowest BCUT2D eigenvalue weighted by Crippen LogP contribution is -2.47. The standard InChI is InChI=1S/C34H43FN4O2/c1-5-8-17-39(22-24-18-23(4)32(31(19-24)40-7-3)25-9-11-26(35)12-10-25)34(6-2)16-15-28(21-34)37-33-38-29-20-27(36)13-14-30(29)41-33/h9-14,18-20,28H,5-8,15-17,21-22,36H2,1-4H3,(H,37,38). The molecule has 0 aliphatic heterocycles. The number of nitrogens with one attached hydrogen (secondary N) is 1. The molecule has 1 saturated carbocycles. The zero-order chi connectivity index (χ0) is 29.0. The van der Waals surface area contributed by atoms with Crippen LogP contribution in [0.2, 0.25) is 0 Å². The first kappa shape index (κ1) is 28.9. The summed E-state index contributed by atoms with van der Waals surface area (Å²) in [5, 5.41) is 3.59. The second-order valence-corrected chi connectivity index (χ2v) is 11.4. The van der Waals surface area contributed by atoms with Crippen LogP contribution in [0.5, 0.6) is 5.75 Å². The number of nitrogens with two attached hydrogens (primary N) is 1. The molecule has 1 fully saturated rings. The molecule has 41 heavy (non-hydrogen) atoms. The molecule has 2 unspecified atom stereocenters. The van der Waals surface area contributed by atoms with E-state index in [1.807, 2.05) is 37.3 Å². The van der Waals surface area contributed by atoms with Gasteiger partial charge in [-0.2, -0.15) is 4.98 Å². The zero-order valence-corrected chi connectivity index (χ0v) is 24.8. The number of unbranched alkanes of at least 4 members (excludes halogenated alkanes) is 1. The Bertz CT molecular complexity index is 1470. The molecule has 5 rings (SSSR count). The van der Waals surface area contributed by atoms with Crippen LogP contribution in [0.1, 0.15) is 70.4 Å². The molecule has 0 bridgehead atoms. The highest BCUT2D eigenvalue weighted by molar-refractivity contribution is 5.78. The number of hydrogen-bond acceptors (Lipinski definition) is 6. The number of nitrogens with zero attached hydrogens (tertiary/aromatic N) is 2. The number of rotatable bonds is 12. The first-order chi connectivity index (χ1) is 19.8. The van der Waals surface area contributed by atoms with E-state index >= 15 is 0 Å². The summed E-state index contributed by atoms with van der Waals surface area (Å²) < 4.78 is 25.8. The van der Waals surface area contributed by atoms with Crippen molar-refractivity contribution in [2.75, 3.05) is 24.2 Å². The van der Waals surface area contributed by atoms with Crippen molar-refractivity contribution in [1.29, 1.82) is 0 Å². The summed E-state index contributed by atoms with van der Waals surface area (Å²) in [7, 11) is 0. The first-order valence-electron chi connectivity index (χ1n) is 15.0. The maximum absolute atomic E-state index is 13.6. The maximum Gasteiger partial charge on any atom is 0.295 e. The normalized spacial score (nSPS) is 18.8. The topological polar surface area (TPSA) is 76.5 Å². The van der Waals surface area contributed by atoms with E-state index in [9.17, 15) is 4.39 Å². The van der Waals surface area contributed by atoms with Crippen molar-refractivity contribution in [2.24, 2.45) is 0 Å². The Hall–Kier alpha value is -3.58. The van der Waals surface area contributed by atoms with E-state index in [1.165, 1.54) is 17.7 Å². The summed E-state index contributed by atoms with van der Waals surface area (Å²) in [6.45, 7) is 11.2. The summed E-state index contributed by atoms with van der Waals surface area (Å²) >= 11 is 0. The zero-order valence-electron chi connectivity index (χ0n) is 24.8. The lowest BCUT2D eigenvalue weighted by atomic mass is 9.89. The Kier molecular flexibility index (Phi) is 8.83. The van der Waals surface area contributed by atoms with Crippen LogP contribution in [-0.2, 0) is 6.54 Å². The number of halogens is 1. The molecule has 0 radical (unpaired) electrons. The third-order valence-corrected chi connectivity index (χ3v) is 8.60. The second-order valence-electron chi connectivity index (χ2n) is 11.4. The Morgan fingerprint density at radius 3 is 2.66 bits per heavy atom. The van der Waals surface area contributed by atoms with Crippen LogP contribution >= 0.6 is 0 Å². The van der Waals surface area contributed by atoms with Crippen molar-refractivity contribution >= 4 is 22.8 Å². The number of hydrogen-bond donors (Lipinski definition) is 2. The van der Waals surface area contributed by atoms with E-state index in [2.05, 4.69) is 48.1 Å². The van der Waals surface area contributed by atoms with Gasteiger partial charge in [-0.25, -0.2) is 4.39 Å². The highest BCUT2D eigenvalue weighted by Gasteiger charge is 2.42. The molecule has 7 heteroatoms. The average molecular weight is 559 g/mol. The molecule has 4 aromatic rings. The molecule has 0 spiro atoms. The van der Waals surface area contributed by atoms with Crippen molar-refractivity contribution in [3.05, 3.63) is 71.5 Å². The van der Waals surface area contributed by atoms with E-state index in [4.69, 9.17) is 14.9 Å². The minimum Gasteiger partial charge on any atom is -0.493 e. The lowest BCUT2D eigenvalue weighted by molar-refractivity contribution is 0.0765. The number of anilines is 2. The smallest absolute Gasteiger partial charge is 0.295 e. The maximum atomic E-state index is 13.6. The molecular weight excluding hydrogens is 515 g/mol. The fraction of sp³-hybridized carbons (Fsp3) is 0.441. The van der Waals surface area contributed by atoms with Crippen molar-refractivity contribution in [2.45, 2.75) is 84.3 Å². The molecule has 218 valence electrons. The molecule has 0 saturated heterocycles. The summed E-state index contributed by atoms with van der Waals surface area (Å²) in [5.74, 6) is 0.625. The van der Waals surface area contributed by atoms with Gasteiger partial charge >= 0.3 is 0 Å². The quantitative estimate of drug-likeness (QED) is 0.170. The second kappa shape index (κ2) is 12.5. The van der Waals surface area contributed by atoms with E-state index in [1.54, 1.807) is 0 Å². The lowest BCUT2D eigenvalue weighted by Gasteiger charge is -2.42. The van der Waals surface area contributed by atoms with Gasteiger partial charge in [0.05, 0.1) is 6.61 Å². The minimum absolute atomic E-state index is 0.0819. The van der Waals surface area contributed by atoms with Crippen LogP contribution in [0.4, 0.5) is 16.1 Å². The minimum atomic E-state index is -0.234. The van der Waals surface area contributed by atoms with Crippen molar-refractivity contribution < 1.29 is 13.5 Å². The van der Waals surface area contributed by atoms with Crippen LogP contribution in [0.3, 0.4) is 0 Å². The van der Waals surface area contributed by atoms with E-state index in [0.29, 0.717) is 18.3 Å². The molecule has 3 aromatic carbocycles. The van der Waals surface area contributed by atoms with E-state index in [-0.39, 0.29) is 17.4 Å². The number of ether oxygens (including phenoxy) is 1. The van der Waals surface area contributed by atoms with Crippen LogP contribution < -0.4 is 15.8 Å². The molecular formula is C34H43FN4O2. The summed E-state index contributed by atoms with van der Waals surface area (Å²) in [5.41, 5.74) is 12.6. The molecule has 6 nitrogen and oxygen atoms in total. The highest BCUT2D eigenvalue weighted by Crippen LogP contribution is 2.42. The van der Waals surface area contributed by atoms with Gasteiger partial charge in [-0.1, -0.05) is 38.5 Å². The molecule has 3 N–H and O–H groups in total. The Morgan fingerprint density at radius 1 is 1.12 bits per heavy atom. The number of oxazole rings is 1. The molecule has 1 aliphatic rings. The van der Waals surface area contributed by atoms with Crippen molar-refractivity contribution in [3.63, 3.8) is 0 Å². The fourth-order valence-electron chi connectivity index (χ4n) is 6.47. The molecule has 1 aliphatic carbocycles. The van der Waals surface area contributed by atoms with Crippen molar-refractivity contribution in [3.8, 4) is 16.9 Å². The largest absolute Gasteiger partial charge is 0.493 e. The van der Waals surface area contributed by atoms with Gasteiger partial charge in [-0.3, -0.25) is 4.90 Å². The SMILES string of the molecule is CCCCN(Cc1cc(C)c(-c2ccc(F)cc2)c(OCC)c1)C1(CC)CCC(Nc2nc3cc(N)ccc3o2)C1. The predicted molar refractivity (Wildman–Crippen MR) is 166 cm³/mol. The highest BCUT2D eigenvalue weighted by atomic mass is 19.1. The van der Waals surface area contributed by atoms with Gasteiger partial charge in [0.1, 0.15) is 17.1 Å². The fourth-order valence-corrected chi connectivity index (χ4v) is 6.47. The van der Waals surface area contributed by atoms with Crippen LogP contribution in [0.15, 0.2) is 59.0 Å². The van der Waals surface area contributed by atoms with Gasteiger partial charge in [0.15, 0.2) is 5.58 Å². The van der Waals surface area contributed by atoms with Crippen molar-refractivity contribution in [1.82, 2.24) is 9.88 Å². The van der Waals surface area contributed by atoms with Gasteiger partial charge in [-0.15, -0.1) is 0 Å². The Balaban J connectivity index is 1.39. The van der Waals surface area contributed by atoms with Gasteiger partial charge in [-0.05, 0) is 106 Å². The molecule has 2 atom stereocenters. The number of nitrogen functional groups attached to an aromatic ring is 1. The number of aryl methyl sites for hydroxylation is 1. The van der Waals surface area contributed by atoms with Gasteiger partial charge in [0, 0.05) is 29.4 Å². The average Bonchev–Trinajstić information content (AvgIpc) is 3.55. The number of aromatic nitrogens is 1. The third kappa shape index (κ3) is 6.35. The van der Waals surface area contributed by atoms with Crippen LogP contribution in [0, 0.1) is 12.7 Å². The van der Waals surface area contributed by atoms with E-state index in [0.717, 1.165) is 85.2 Å².